The van der Waals surface area contributed by atoms with Crippen LogP contribution in [0.2, 0.25) is 0 Å². The van der Waals surface area contributed by atoms with Crippen molar-refractivity contribution in [2.45, 2.75) is 37.8 Å². The van der Waals surface area contributed by atoms with E-state index in [2.05, 4.69) is 14.8 Å². The van der Waals surface area contributed by atoms with Crippen LogP contribution in [0.25, 0.3) is 0 Å². The largest absolute Gasteiger partial charge is 0.379 e. The van der Waals surface area contributed by atoms with Gasteiger partial charge >= 0.3 is 0 Å². The van der Waals surface area contributed by atoms with Gasteiger partial charge in [-0.2, -0.15) is 0 Å². The van der Waals surface area contributed by atoms with Gasteiger partial charge in [0, 0.05) is 58.6 Å². The summed E-state index contributed by atoms with van der Waals surface area (Å²) in [7, 11) is 2.03. The number of hydrogen-bond donors (Lipinski definition) is 0. The maximum atomic E-state index is 12.9. The van der Waals surface area contributed by atoms with Crippen molar-refractivity contribution in [3.05, 3.63) is 23.9 Å². The Morgan fingerprint density at radius 2 is 1.93 bits per heavy atom. The summed E-state index contributed by atoms with van der Waals surface area (Å²) in [5.74, 6) is 0.985. The smallest absolute Gasteiger partial charge is 0.255 e. The predicted octanol–water partition coefficient (Wildman–Crippen LogP) is 1.63. The second-order valence-corrected chi connectivity index (χ2v) is 8.09. The molecule has 1 aromatic rings. The van der Waals surface area contributed by atoms with E-state index < -0.39 is 0 Å². The van der Waals surface area contributed by atoms with Crippen LogP contribution in [0.5, 0.6) is 0 Å². The van der Waals surface area contributed by atoms with Crippen molar-refractivity contribution >= 4 is 11.7 Å². The number of carbonyl (C=O) groups excluding carboxylic acids is 1. The molecule has 3 aliphatic rings. The summed E-state index contributed by atoms with van der Waals surface area (Å²) in [5, 5.41) is 0. The summed E-state index contributed by atoms with van der Waals surface area (Å²) in [4.78, 5) is 24.0. The minimum atomic E-state index is 0.0984. The summed E-state index contributed by atoms with van der Waals surface area (Å²) in [6.07, 6.45) is 6.35. The quantitative estimate of drug-likeness (QED) is 0.764. The summed E-state index contributed by atoms with van der Waals surface area (Å²) in [6.45, 7) is 7.05. The predicted molar refractivity (Wildman–Crippen MR) is 108 cm³/mol. The summed E-state index contributed by atoms with van der Waals surface area (Å²) >= 11 is 0. The van der Waals surface area contributed by atoms with Crippen molar-refractivity contribution in [3.63, 3.8) is 0 Å². The molecule has 0 unspecified atom stereocenters. The zero-order valence-electron chi connectivity index (χ0n) is 16.9. The maximum absolute atomic E-state index is 12.9. The van der Waals surface area contributed by atoms with E-state index in [0.717, 1.165) is 84.0 Å². The third kappa shape index (κ3) is 4.64. The molecule has 0 aromatic carbocycles. The van der Waals surface area contributed by atoms with Crippen molar-refractivity contribution in [2.24, 2.45) is 0 Å². The molecule has 7 heteroatoms. The molecule has 7 nitrogen and oxygen atoms in total. The fourth-order valence-electron chi connectivity index (χ4n) is 4.48. The van der Waals surface area contributed by atoms with Gasteiger partial charge in [0.1, 0.15) is 5.82 Å². The topological polar surface area (TPSA) is 58.1 Å². The Morgan fingerprint density at radius 3 is 2.57 bits per heavy atom. The van der Waals surface area contributed by atoms with Gasteiger partial charge in [-0.25, -0.2) is 4.98 Å². The molecule has 28 heavy (non-hydrogen) atoms. The van der Waals surface area contributed by atoms with E-state index in [1.54, 1.807) is 6.20 Å². The Kier molecular flexibility index (Phi) is 6.44. The van der Waals surface area contributed by atoms with Crippen LogP contribution in [0.15, 0.2) is 18.3 Å². The van der Waals surface area contributed by atoms with Gasteiger partial charge in [0.05, 0.1) is 24.9 Å². The highest BCUT2D eigenvalue weighted by atomic mass is 16.5. The van der Waals surface area contributed by atoms with Crippen LogP contribution in [0.3, 0.4) is 0 Å². The van der Waals surface area contributed by atoms with Crippen LogP contribution in [0.1, 0.15) is 36.0 Å². The third-order valence-corrected chi connectivity index (χ3v) is 6.20. The van der Waals surface area contributed by atoms with E-state index in [0.29, 0.717) is 17.7 Å². The van der Waals surface area contributed by atoms with Crippen LogP contribution in [0.4, 0.5) is 5.82 Å². The molecule has 1 aromatic heterocycles. The number of aromatic nitrogens is 1. The number of rotatable bonds is 5. The Bertz CT molecular complexity index is 634. The summed E-state index contributed by atoms with van der Waals surface area (Å²) in [5.41, 5.74) is 0.680. The second-order valence-electron chi connectivity index (χ2n) is 8.09. The molecule has 0 radical (unpaired) electrons. The average Bonchev–Trinajstić information content (AvgIpc) is 3.27. The fraction of sp³-hybridized carbons (Fsp3) is 0.714. The lowest BCUT2D eigenvalue weighted by Gasteiger charge is -2.40. The van der Waals surface area contributed by atoms with Crippen molar-refractivity contribution in [2.75, 3.05) is 64.5 Å². The highest BCUT2D eigenvalue weighted by Gasteiger charge is 2.28. The molecule has 4 rings (SSSR count). The number of nitrogens with zero attached hydrogens (tertiary/aromatic N) is 4. The molecule has 3 aliphatic heterocycles. The van der Waals surface area contributed by atoms with Crippen LogP contribution in [-0.2, 0) is 9.47 Å². The molecule has 4 heterocycles. The normalized spacial score (nSPS) is 24.5. The highest BCUT2D eigenvalue weighted by Crippen LogP contribution is 2.21. The van der Waals surface area contributed by atoms with Crippen molar-refractivity contribution < 1.29 is 14.3 Å². The Labute approximate surface area is 167 Å². The van der Waals surface area contributed by atoms with E-state index >= 15 is 0 Å². The Balaban J connectivity index is 1.28. The van der Waals surface area contributed by atoms with Gasteiger partial charge in [0.15, 0.2) is 0 Å². The van der Waals surface area contributed by atoms with Crippen molar-refractivity contribution in [3.8, 4) is 0 Å². The van der Waals surface area contributed by atoms with Gasteiger partial charge in [0.2, 0.25) is 0 Å². The van der Waals surface area contributed by atoms with E-state index in [-0.39, 0.29) is 5.91 Å². The number of ether oxygens (including phenoxy) is 2. The molecule has 154 valence electrons. The molecule has 0 saturated carbocycles. The average molecular weight is 389 g/mol. The van der Waals surface area contributed by atoms with Crippen LogP contribution in [-0.4, -0.2) is 92.4 Å². The molecule has 0 N–H and O–H groups in total. The fourth-order valence-corrected chi connectivity index (χ4v) is 4.48. The lowest BCUT2D eigenvalue weighted by Crippen LogP contribution is -2.50. The lowest BCUT2D eigenvalue weighted by molar-refractivity contribution is 0.00158. The van der Waals surface area contributed by atoms with E-state index in [4.69, 9.17) is 9.47 Å². The second kappa shape index (κ2) is 9.20. The number of likely N-dealkylation sites (tertiary alicyclic amines) is 1. The minimum absolute atomic E-state index is 0.0984. The van der Waals surface area contributed by atoms with E-state index in [1.807, 2.05) is 24.1 Å². The number of amides is 1. The first-order chi connectivity index (χ1) is 13.7. The van der Waals surface area contributed by atoms with Gasteiger partial charge in [-0.1, -0.05) is 0 Å². The van der Waals surface area contributed by atoms with Gasteiger partial charge in [-0.05, 0) is 37.8 Å². The molecule has 1 amide bonds. The number of piperidine rings is 1. The maximum Gasteiger partial charge on any atom is 0.255 e. The monoisotopic (exact) mass is 388 g/mol. The van der Waals surface area contributed by atoms with Crippen molar-refractivity contribution in [1.29, 1.82) is 0 Å². The molecule has 0 bridgehead atoms. The highest BCUT2D eigenvalue weighted by molar-refractivity contribution is 5.94. The first-order valence-corrected chi connectivity index (χ1v) is 10.6. The van der Waals surface area contributed by atoms with E-state index in [1.165, 1.54) is 0 Å². The number of carbonyl (C=O) groups is 1. The number of anilines is 1. The SMILES string of the molecule is CN(C[C@@H]1CCCO1)c1ccc(C(=O)N2CCC(N3CCOCC3)CC2)cn1. The molecule has 1 atom stereocenters. The molecule has 3 fully saturated rings. The van der Waals surface area contributed by atoms with Gasteiger partial charge in [-0.15, -0.1) is 0 Å². The van der Waals surface area contributed by atoms with Crippen LogP contribution in [0, 0.1) is 0 Å². The molecular weight excluding hydrogens is 356 g/mol. The first-order valence-electron chi connectivity index (χ1n) is 10.6. The zero-order chi connectivity index (χ0) is 19.3. The summed E-state index contributed by atoms with van der Waals surface area (Å²) < 4.78 is 11.1. The first kappa shape index (κ1) is 19.6. The zero-order valence-corrected chi connectivity index (χ0v) is 16.9. The number of pyridine rings is 1. The number of hydrogen-bond acceptors (Lipinski definition) is 6. The lowest BCUT2D eigenvalue weighted by atomic mass is 10.0. The standard InChI is InChI=1S/C21H32N4O3/c1-23(16-19-3-2-12-28-19)20-5-4-17(15-22-20)21(26)25-8-6-18(7-9-25)24-10-13-27-14-11-24/h4-5,15,18-19H,2-3,6-14,16H2,1H3/t19-/m0/s1. The molecular formula is C21H32N4O3. The molecule has 0 aliphatic carbocycles. The molecule has 3 saturated heterocycles. The Hall–Kier alpha value is -1.70. The third-order valence-electron chi connectivity index (χ3n) is 6.20. The Morgan fingerprint density at radius 1 is 1.14 bits per heavy atom. The number of likely N-dealkylation sites (N-methyl/N-ethyl adjacent to an activating group) is 1. The van der Waals surface area contributed by atoms with Gasteiger partial charge in [-0.3, -0.25) is 9.69 Å². The summed E-state index contributed by atoms with van der Waals surface area (Å²) in [6, 6.07) is 4.44. The van der Waals surface area contributed by atoms with Crippen LogP contribution < -0.4 is 4.90 Å². The van der Waals surface area contributed by atoms with Gasteiger partial charge < -0.3 is 19.3 Å². The van der Waals surface area contributed by atoms with Crippen molar-refractivity contribution in [1.82, 2.24) is 14.8 Å². The van der Waals surface area contributed by atoms with Gasteiger partial charge in [0.25, 0.3) is 5.91 Å². The minimum Gasteiger partial charge on any atom is -0.379 e. The number of morpholine rings is 1. The van der Waals surface area contributed by atoms with Crippen LogP contribution >= 0.6 is 0 Å². The molecule has 0 spiro atoms. The van der Waals surface area contributed by atoms with E-state index in [9.17, 15) is 4.79 Å².